The SMILES string of the molecule is CC(CCN1C(C)CCCC1C)C1CCCNC1. The lowest BCUT2D eigenvalue weighted by Crippen LogP contribution is -2.45. The summed E-state index contributed by atoms with van der Waals surface area (Å²) >= 11 is 0. The normalized spacial score (nSPS) is 36.5. The molecule has 2 aliphatic rings. The minimum atomic E-state index is 0.811. The van der Waals surface area contributed by atoms with Crippen molar-refractivity contribution >= 4 is 0 Å². The first kappa shape index (κ1) is 14.3. The van der Waals surface area contributed by atoms with Crippen molar-refractivity contribution in [3.63, 3.8) is 0 Å². The van der Waals surface area contributed by atoms with Crippen molar-refractivity contribution in [2.75, 3.05) is 19.6 Å². The second-order valence-electron chi connectivity index (χ2n) is 6.74. The molecule has 2 aliphatic heterocycles. The van der Waals surface area contributed by atoms with Gasteiger partial charge in [-0.2, -0.15) is 0 Å². The standard InChI is InChI=1S/C16H32N2/c1-13(16-8-5-10-17-12-16)9-11-18-14(2)6-4-7-15(18)3/h13-17H,4-12H2,1-3H3. The largest absolute Gasteiger partial charge is 0.316 e. The number of rotatable bonds is 4. The van der Waals surface area contributed by atoms with Gasteiger partial charge in [-0.1, -0.05) is 13.3 Å². The summed E-state index contributed by atoms with van der Waals surface area (Å²) in [6, 6.07) is 1.62. The van der Waals surface area contributed by atoms with Gasteiger partial charge >= 0.3 is 0 Å². The van der Waals surface area contributed by atoms with E-state index in [0.717, 1.165) is 23.9 Å². The first-order valence-corrected chi connectivity index (χ1v) is 8.15. The molecule has 106 valence electrons. The Morgan fingerprint density at radius 3 is 2.44 bits per heavy atom. The molecule has 2 fully saturated rings. The maximum atomic E-state index is 3.56. The molecule has 0 aromatic carbocycles. The molecule has 2 heterocycles. The van der Waals surface area contributed by atoms with Crippen LogP contribution in [-0.2, 0) is 0 Å². The summed E-state index contributed by atoms with van der Waals surface area (Å²) < 4.78 is 0. The Bertz CT molecular complexity index is 225. The number of nitrogens with one attached hydrogen (secondary N) is 1. The third kappa shape index (κ3) is 3.71. The van der Waals surface area contributed by atoms with Gasteiger partial charge in [0.15, 0.2) is 0 Å². The minimum Gasteiger partial charge on any atom is -0.316 e. The molecular weight excluding hydrogens is 220 g/mol. The highest BCUT2D eigenvalue weighted by molar-refractivity contribution is 4.81. The number of nitrogens with zero attached hydrogens (tertiary/aromatic N) is 1. The van der Waals surface area contributed by atoms with E-state index in [4.69, 9.17) is 0 Å². The van der Waals surface area contributed by atoms with Crippen molar-refractivity contribution in [3.8, 4) is 0 Å². The molecule has 0 radical (unpaired) electrons. The van der Waals surface area contributed by atoms with E-state index in [-0.39, 0.29) is 0 Å². The summed E-state index contributed by atoms with van der Waals surface area (Å²) in [5, 5.41) is 3.56. The lowest BCUT2D eigenvalue weighted by atomic mass is 9.85. The van der Waals surface area contributed by atoms with Crippen molar-refractivity contribution in [2.24, 2.45) is 11.8 Å². The highest BCUT2D eigenvalue weighted by Crippen LogP contribution is 2.26. The monoisotopic (exact) mass is 252 g/mol. The summed E-state index contributed by atoms with van der Waals surface area (Å²) in [6.45, 7) is 11.1. The quantitative estimate of drug-likeness (QED) is 0.826. The maximum Gasteiger partial charge on any atom is 0.00697 e. The molecule has 0 aromatic heterocycles. The Morgan fingerprint density at radius 2 is 1.83 bits per heavy atom. The number of piperidine rings is 2. The highest BCUT2D eigenvalue weighted by Gasteiger charge is 2.26. The fourth-order valence-corrected chi connectivity index (χ4v) is 3.87. The first-order chi connectivity index (χ1) is 8.68. The molecule has 18 heavy (non-hydrogen) atoms. The van der Waals surface area contributed by atoms with E-state index in [2.05, 4.69) is 31.0 Å². The summed E-state index contributed by atoms with van der Waals surface area (Å²) in [6.07, 6.45) is 8.46. The average Bonchev–Trinajstić information content (AvgIpc) is 2.39. The van der Waals surface area contributed by atoms with Crippen LogP contribution in [0.1, 0.15) is 59.3 Å². The van der Waals surface area contributed by atoms with Gasteiger partial charge in [-0.25, -0.2) is 0 Å². The summed E-state index contributed by atoms with van der Waals surface area (Å²) in [7, 11) is 0. The topological polar surface area (TPSA) is 15.3 Å². The number of hydrogen-bond donors (Lipinski definition) is 1. The van der Waals surface area contributed by atoms with Gasteiger partial charge in [0, 0.05) is 12.1 Å². The summed E-state index contributed by atoms with van der Waals surface area (Å²) in [5.41, 5.74) is 0. The zero-order valence-corrected chi connectivity index (χ0v) is 12.6. The molecule has 2 nitrogen and oxygen atoms in total. The second-order valence-corrected chi connectivity index (χ2v) is 6.74. The number of likely N-dealkylation sites (tertiary alicyclic amines) is 1. The van der Waals surface area contributed by atoms with Crippen LogP contribution < -0.4 is 5.32 Å². The minimum absolute atomic E-state index is 0.811. The average molecular weight is 252 g/mol. The van der Waals surface area contributed by atoms with Crippen LogP contribution in [0.15, 0.2) is 0 Å². The van der Waals surface area contributed by atoms with E-state index in [0.29, 0.717) is 0 Å². The van der Waals surface area contributed by atoms with E-state index in [9.17, 15) is 0 Å². The van der Waals surface area contributed by atoms with Crippen LogP contribution in [0.25, 0.3) is 0 Å². The maximum absolute atomic E-state index is 3.56. The Kier molecular flexibility index (Phi) is 5.50. The molecule has 0 amide bonds. The molecule has 0 saturated carbocycles. The summed E-state index contributed by atoms with van der Waals surface area (Å²) in [5.74, 6) is 1.81. The predicted molar refractivity (Wildman–Crippen MR) is 78.9 cm³/mol. The van der Waals surface area contributed by atoms with Gasteiger partial charge in [0.05, 0.1) is 0 Å². The molecule has 0 aliphatic carbocycles. The van der Waals surface area contributed by atoms with Crippen molar-refractivity contribution in [2.45, 2.75) is 71.4 Å². The fourth-order valence-electron chi connectivity index (χ4n) is 3.87. The fraction of sp³-hybridized carbons (Fsp3) is 1.00. The van der Waals surface area contributed by atoms with Gasteiger partial charge in [-0.3, -0.25) is 4.90 Å². The van der Waals surface area contributed by atoms with Crippen molar-refractivity contribution in [3.05, 3.63) is 0 Å². The van der Waals surface area contributed by atoms with Gasteiger partial charge in [0.2, 0.25) is 0 Å². The lowest BCUT2D eigenvalue weighted by Gasteiger charge is -2.40. The Labute approximate surface area is 114 Å². The van der Waals surface area contributed by atoms with Crippen molar-refractivity contribution in [1.29, 1.82) is 0 Å². The third-order valence-corrected chi connectivity index (χ3v) is 5.36. The van der Waals surface area contributed by atoms with Crippen LogP contribution in [-0.4, -0.2) is 36.6 Å². The van der Waals surface area contributed by atoms with Crippen molar-refractivity contribution in [1.82, 2.24) is 10.2 Å². The molecule has 2 rings (SSSR count). The zero-order valence-electron chi connectivity index (χ0n) is 12.6. The van der Waals surface area contributed by atoms with E-state index in [1.54, 1.807) is 0 Å². The van der Waals surface area contributed by atoms with Crippen LogP contribution in [0.4, 0.5) is 0 Å². The molecular formula is C16H32N2. The Hall–Kier alpha value is -0.0800. The molecule has 2 heteroatoms. The van der Waals surface area contributed by atoms with Crippen LogP contribution >= 0.6 is 0 Å². The smallest absolute Gasteiger partial charge is 0.00697 e. The second kappa shape index (κ2) is 6.91. The van der Waals surface area contributed by atoms with E-state index < -0.39 is 0 Å². The lowest BCUT2D eigenvalue weighted by molar-refractivity contribution is 0.0908. The van der Waals surface area contributed by atoms with Gasteiger partial charge in [-0.05, 0) is 77.4 Å². The van der Waals surface area contributed by atoms with Crippen molar-refractivity contribution < 1.29 is 0 Å². The Morgan fingerprint density at radius 1 is 1.11 bits per heavy atom. The summed E-state index contributed by atoms with van der Waals surface area (Å²) in [4.78, 5) is 2.76. The zero-order chi connectivity index (χ0) is 13.0. The third-order valence-electron chi connectivity index (χ3n) is 5.36. The molecule has 4 unspecified atom stereocenters. The van der Waals surface area contributed by atoms with Gasteiger partial charge in [-0.15, -0.1) is 0 Å². The van der Waals surface area contributed by atoms with E-state index >= 15 is 0 Å². The van der Waals surface area contributed by atoms with Crippen LogP contribution in [0.2, 0.25) is 0 Å². The molecule has 2 saturated heterocycles. The molecule has 1 N–H and O–H groups in total. The Balaban J connectivity index is 1.75. The van der Waals surface area contributed by atoms with Crippen LogP contribution in [0, 0.1) is 11.8 Å². The van der Waals surface area contributed by atoms with E-state index in [1.807, 2.05) is 0 Å². The molecule has 0 bridgehead atoms. The number of hydrogen-bond acceptors (Lipinski definition) is 2. The van der Waals surface area contributed by atoms with Gasteiger partial charge in [0.25, 0.3) is 0 Å². The van der Waals surface area contributed by atoms with E-state index in [1.165, 1.54) is 58.2 Å². The highest BCUT2D eigenvalue weighted by atomic mass is 15.2. The van der Waals surface area contributed by atoms with Crippen LogP contribution in [0.3, 0.4) is 0 Å². The molecule has 0 aromatic rings. The van der Waals surface area contributed by atoms with Gasteiger partial charge in [0.1, 0.15) is 0 Å². The molecule has 4 atom stereocenters. The van der Waals surface area contributed by atoms with Gasteiger partial charge < -0.3 is 5.32 Å². The van der Waals surface area contributed by atoms with Crippen LogP contribution in [0.5, 0.6) is 0 Å². The predicted octanol–water partition coefficient (Wildman–Crippen LogP) is 3.28. The first-order valence-electron chi connectivity index (χ1n) is 8.15. The molecule has 0 spiro atoms.